The van der Waals surface area contributed by atoms with Crippen molar-refractivity contribution in [3.8, 4) is 0 Å². The lowest BCUT2D eigenvalue weighted by atomic mass is 9.93. The molecule has 2 N–H and O–H groups in total. The summed E-state index contributed by atoms with van der Waals surface area (Å²) < 4.78 is 24.5. The highest BCUT2D eigenvalue weighted by Crippen LogP contribution is 2.26. The molecular weight excluding hydrogens is 324 g/mol. The second kappa shape index (κ2) is 8.64. The molecule has 0 unspecified atom stereocenters. The lowest BCUT2D eigenvalue weighted by molar-refractivity contribution is 0.242. The zero-order chi connectivity index (χ0) is 16.8. The monoisotopic (exact) mass is 347 g/mol. The molecule has 0 saturated carbocycles. The summed E-state index contributed by atoms with van der Waals surface area (Å²) in [7, 11) is 4.08. The zero-order valence-corrected chi connectivity index (χ0v) is 15.0. The van der Waals surface area contributed by atoms with Gasteiger partial charge in [-0.2, -0.15) is 8.78 Å². The van der Waals surface area contributed by atoms with Gasteiger partial charge in [0.05, 0.1) is 0 Å². The predicted octanol–water partition coefficient (Wildman–Crippen LogP) is 3.88. The van der Waals surface area contributed by atoms with Crippen LogP contribution in [0.15, 0.2) is 29.2 Å². The minimum absolute atomic E-state index is 0.0903. The number of thiocarbonyl (C=S) groups is 1. The van der Waals surface area contributed by atoms with Crippen molar-refractivity contribution in [3.63, 3.8) is 0 Å². The number of alkyl halides is 2. The van der Waals surface area contributed by atoms with Gasteiger partial charge < -0.3 is 15.5 Å². The van der Waals surface area contributed by atoms with Gasteiger partial charge in [-0.15, -0.1) is 0 Å². The summed E-state index contributed by atoms with van der Waals surface area (Å²) in [5.74, 6) is -2.40. The lowest BCUT2D eigenvalue weighted by Gasteiger charge is -2.29. The third-order valence-corrected chi connectivity index (χ3v) is 3.78. The van der Waals surface area contributed by atoms with Crippen LogP contribution in [0.3, 0.4) is 0 Å². The molecule has 1 aromatic carbocycles. The minimum atomic E-state index is -2.40. The summed E-state index contributed by atoms with van der Waals surface area (Å²) in [5, 5.41) is 6.78. The first-order chi connectivity index (χ1) is 10.2. The number of anilines is 1. The van der Waals surface area contributed by atoms with Crippen molar-refractivity contribution >= 4 is 34.8 Å². The number of thioether (sulfide) groups is 1. The van der Waals surface area contributed by atoms with Gasteiger partial charge in [0.1, 0.15) is 0 Å². The molecule has 124 valence electrons. The largest absolute Gasteiger partial charge is 0.362 e. The molecule has 0 heterocycles. The molecule has 0 atom stereocenters. The van der Waals surface area contributed by atoms with E-state index >= 15 is 0 Å². The van der Waals surface area contributed by atoms with Gasteiger partial charge in [0.25, 0.3) is 5.76 Å². The second-order valence-corrected chi connectivity index (χ2v) is 7.58. The molecule has 1 aromatic rings. The fourth-order valence-electron chi connectivity index (χ4n) is 2.13. The predicted molar refractivity (Wildman–Crippen MR) is 94.9 cm³/mol. The second-order valence-electron chi connectivity index (χ2n) is 6.11. The van der Waals surface area contributed by atoms with E-state index in [1.54, 1.807) is 24.3 Å². The van der Waals surface area contributed by atoms with E-state index in [1.165, 1.54) is 0 Å². The van der Waals surface area contributed by atoms with E-state index in [2.05, 4.69) is 29.4 Å². The van der Waals surface area contributed by atoms with Gasteiger partial charge in [-0.25, -0.2) is 0 Å². The fourth-order valence-corrected chi connectivity index (χ4v) is 2.82. The molecule has 0 aromatic heterocycles. The maximum atomic E-state index is 12.2. The molecule has 7 heteroatoms. The third-order valence-electron chi connectivity index (χ3n) is 2.81. The van der Waals surface area contributed by atoms with Crippen LogP contribution in [0.1, 0.15) is 13.8 Å². The molecule has 1 rings (SSSR count). The first kappa shape index (κ1) is 19.1. The van der Waals surface area contributed by atoms with Crippen LogP contribution in [0.5, 0.6) is 0 Å². The molecule has 0 amide bonds. The van der Waals surface area contributed by atoms with E-state index in [4.69, 9.17) is 12.2 Å². The van der Waals surface area contributed by atoms with Gasteiger partial charge in [0.2, 0.25) is 0 Å². The molecule has 3 nitrogen and oxygen atoms in total. The summed E-state index contributed by atoms with van der Waals surface area (Å²) in [6.07, 6.45) is 0. The molecule has 0 spiro atoms. The number of hydrogen-bond donors (Lipinski definition) is 2. The van der Waals surface area contributed by atoms with Crippen molar-refractivity contribution in [2.45, 2.75) is 24.5 Å². The summed E-state index contributed by atoms with van der Waals surface area (Å²) in [4.78, 5) is 2.67. The normalized spacial score (nSPS) is 11.8. The maximum absolute atomic E-state index is 12.2. The Bertz CT molecular complexity index is 476. The average Bonchev–Trinajstić information content (AvgIpc) is 2.37. The Balaban J connectivity index is 2.45. The Morgan fingerprint density at radius 3 is 2.36 bits per heavy atom. The van der Waals surface area contributed by atoms with Crippen LogP contribution >= 0.6 is 24.0 Å². The SMILES string of the molecule is CN(C)CC(C)(C)CNC(=S)Nc1ccc(SC(F)F)cc1. The van der Waals surface area contributed by atoms with Gasteiger partial charge >= 0.3 is 0 Å². The Kier molecular flexibility index (Phi) is 7.52. The number of nitrogens with one attached hydrogen (secondary N) is 2. The van der Waals surface area contributed by atoms with Crippen LogP contribution in [0.2, 0.25) is 0 Å². The van der Waals surface area contributed by atoms with Crippen molar-refractivity contribution in [3.05, 3.63) is 24.3 Å². The van der Waals surface area contributed by atoms with Gasteiger partial charge in [-0.3, -0.25) is 0 Å². The Morgan fingerprint density at radius 1 is 1.27 bits per heavy atom. The molecule has 22 heavy (non-hydrogen) atoms. The summed E-state index contributed by atoms with van der Waals surface area (Å²) in [5.41, 5.74) is 0.869. The fraction of sp³-hybridized carbons (Fsp3) is 0.533. The first-order valence-corrected chi connectivity index (χ1v) is 8.21. The standard InChI is InChI=1S/C15H23F2N3S2/c1-15(2,10-20(3)4)9-18-14(21)19-11-5-7-12(8-6-11)22-13(16)17/h5-8,13H,9-10H2,1-4H3,(H2,18,19,21). The highest BCUT2D eigenvalue weighted by atomic mass is 32.2. The number of hydrogen-bond acceptors (Lipinski definition) is 3. The summed E-state index contributed by atoms with van der Waals surface area (Å²) in [6, 6.07) is 6.78. The molecular formula is C15H23F2N3S2. The van der Waals surface area contributed by atoms with E-state index in [1.807, 2.05) is 14.1 Å². The van der Waals surface area contributed by atoms with E-state index in [-0.39, 0.29) is 5.41 Å². The zero-order valence-electron chi connectivity index (χ0n) is 13.3. The molecule has 0 bridgehead atoms. The Labute approximate surface area is 140 Å². The molecule has 0 saturated heterocycles. The molecule has 0 aliphatic carbocycles. The summed E-state index contributed by atoms with van der Waals surface area (Å²) in [6.45, 7) is 6.02. The van der Waals surface area contributed by atoms with Gasteiger partial charge in [0, 0.05) is 23.7 Å². The highest BCUT2D eigenvalue weighted by molar-refractivity contribution is 7.99. The van der Waals surface area contributed by atoms with Crippen LogP contribution in [0.25, 0.3) is 0 Å². The number of benzene rings is 1. The number of halogens is 2. The Hall–Kier alpha value is -0.920. The number of rotatable bonds is 7. The summed E-state index contributed by atoms with van der Waals surface area (Å²) >= 11 is 5.79. The van der Waals surface area contributed by atoms with Gasteiger partial charge in [-0.05, 0) is 56.0 Å². The molecule has 0 aliphatic heterocycles. The third kappa shape index (κ3) is 7.91. The first-order valence-electron chi connectivity index (χ1n) is 6.92. The van der Waals surface area contributed by atoms with E-state index in [0.717, 1.165) is 18.8 Å². The van der Waals surface area contributed by atoms with Gasteiger partial charge in [0.15, 0.2) is 5.11 Å². The topological polar surface area (TPSA) is 27.3 Å². The van der Waals surface area contributed by atoms with Crippen LogP contribution in [-0.4, -0.2) is 43.0 Å². The van der Waals surface area contributed by atoms with Crippen molar-refractivity contribution in [1.29, 1.82) is 0 Å². The smallest absolute Gasteiger partial charge is 0.288 e. The van der Waals surface area contributed by atoms with Crippen molar-refractivity contribution in [1.82, 2.24) is 10.2 Å². The van der Waals surface area contributed by atoms with Crippen LogP contribution in [-0.2, 0) is 0 Å². The van der Waals surface area contributed by atoms with Crippen molar-refractivity contribution in [2.75, 3.05) is 32.5 Å². The molecule has 0 aliphatic rings. The lowest BCUT2D eigenvalue weighted by Crippen LogP contribution is -2.41. The highest BCUT2D eigenvalue weighted by Gasteiger charge is 2.18. The van der Waals surface area contributed by atoms with E-state index < -0.39 is 5.76 Å². The number of nitrogens with zero attached hydrogens (tertiary/aromatic N) is 1. The molecule has 0 fully saturated rings. The van der Waals surface area contributed by atoms with Crippen LogP contribution in [0.4, 0.5) is 14.5 Å². The van der Waals surface area contributed by atoms with Crippen molar-refractivity contribution < 1.29 is 8.78 Å². The molecule has 0 radical (unpaired) electrons. The Morgan fingerprint density at radius 2 is 1.86 bits per heavy atom. The van der Waals surface area contributed by atoms with Gasteiger partial charge in [-0.1, -0.05) is 25.6 Å². The average molecular weight is 348 g/mol. The van der Waals surface area contributed by atoms with E-state index in [9.17, 15) is 8.78 Å². The quantitative estimate of drug-likeness (QED) is 0.577. The van der Waals surface area contributed by atoms with Crippen LogP contribution < -0.4 is 10.6 Å². The van der Waals surface area contributed by atoms with E-state index in [0.29, 0.717) is 21.8 Å². The van der Waals surface area contributed by atoms with Crippen molar-refractivity contribution in [2.24, 2.45) is 5.41 Å². The minimum Gasteiger partial charge on any atom is -0.362 e. The van der Waals surface area contributed by atoms with Crippen LogP contribution in [0, 0.1) is 5.41 Å². The maximum Gasteiger partial charge on any atom is 0.288 e.